The fourth-order valence-corrected chi connectivity index (χ4v) is 3.38. The topological polar surface area (TPSA) is 59.0 Å². The minimum absolute atomic E-state index is 0.0574. The lowest BCUT2D eigenvalue weighted by atomic mass is 10.1. The second kappa shape index (κ2) is 9.72. The van der Waals surface area contributed by atoms with Gasteiger partial charge in [-0.25, -0.2) is 4.68 Å². The van der Waals surface area contributed by atoms with E-state index < -0.39 is 0 Å². The second-order valence-corrected chi connectivity index (χ2v) is 7.57. The summed E-state index contributed by atoms with van der Waals surface area (Å²) in [5, 5.41) is 11.8. The predicted octanol–water partition coefficient (Wildman–Crippen LogP) is 5.17. The van der Waals surface area contributed by atoms with E-state index in [0.29, 0.717) is 11.4 Å². The highest BCUT2D eigenvalue weighted by Crippen LogP contribution is 2.20. The number of amides is 1. The number of hydrogen-bond donors (Lipinski definition) is 2. The maximum Gasteiger partial charge on any atom is 0.224 e. The maximum atomic E-state index is 11.7. The highest BCUT2D eigenvalue weighted by Gasteiger charge is 2.12. The van der Waals surface area contributed by atoms with Crippen molar-refractivity contribution in [1.82, 2.24) is 15.1 Å². The van der Waals surface area contributed by atoms with E-state index in [9.17, 15) is 4.79 Å². The molecule has 0 spiro atoms. The van der Waals surface area contributed by atoms with Crippen LogP contribution in [0.25, 0.3) is 5.69 Å². The van der Waals surface area contributed by atoms with Gasteiger partial charge in [0.05, 0.1) is 11.4 Å². The van der Waals surface area contributed by atoms with E-state index >= 15 is 0 Å². The van der Waals surface area contributed by atoms with Gasteiger partial charge in [-0.3, -0.25) is 4.79 Å². The summed E-state index contributed by atoms with van der Waals surface area (Å²) < 4.78 is 1.95. The molecule has 1 aromatic heterocycles. The predicted molar refractivity (Wildman–Crippen MR) is 119 cm³/mol. The lowest BCUT2D eigenvalue weighted by molar-refractivity contribution is -0.116. The van der Waals surface area contributed by atoms with Gasteiger partial charge in [-0.1, -0.05) is 30.7 Å². The fourth-order valence-electron chi connectivity index (χ4n) is 3.25. The van der Waals surface area contributed by atoms with Gasteiger partial charge in [-0.15, -0.1) is 0 Å². The molecule has 5 nitrogen and oxygen atoms in total. The van der Waals surface area contributed by atoms with Gasteiger partial charge < -0.3 is 10.6 Å². The van der Waals surface area contributed by atoms with E-state index in [-0.39, 0.29) is 5.91 Å². The van der Waals surface area contributed by atoms with Crippen molar-refractivity contribution in [2.24, 2.45) is 0 Å². The Bertz CT molecular complexity index is 962. The number of nitrogens with one attached hydrogen (secondary N) is 2. The van der Waals surface area contributed by atoms with Gasteiger partial charge in [0.25, 0.3) is 0 Å². The molecule has 0 aliphatic rings. The zero-order valence-electron chi connectivity index (χ0n) is 17.1. The lowest BCUT2D eigenvalue weighted by Gasteiger charge is -2.09. The van der Waals surface area contributed by atoms with Crippen LogP contribution in [-0.4, -0.2) is 15.7 Å². The first-order chi connectivity index (χ1) is 14.0. The van der Waals surface area contributed by atoms with Crippen LogP contribution < -0.4 is 10.6 Å². The monoisotopic (exact) mass is 410 g/mol. The SMILES string of the molecule is CCCC(=O)Nc1ccc(CNCc2c(C)nn(-c3ccc(Cl)cc3)c2C)cc1. The number of nitrogens with zero attached hydrogens (tertiary/aromatic N) is 2. The van der Waals surface area contributed by atoms with Gasteiger partial charge in [0.1, 0.15) is 0 Å². The number of hydrogen-bond acceptors (Lipinski definition) is 3. The molecular formula is C23H27ClN4O. The van der Waals surface area contributed by atoms with Crippen LogP contribution in [0.2, 0.25) is 5.02 Å². The summed E-state index contributed by atoms with van der Waals surface area (Å²) in [5.41, 5.74) is 6.33. The first kappa shape index (κ1) is 21.1. The summed E-state index contributed by atoms with van der Waals surface area (Å²) in [5.74, 6) is 0.0574. The van der Waals surface area contributed by atoms with Gasteiger partial charge in [-0.05, 0) is 62.2 Å². The third-order valence-corrected chi connectivity index (χ3v) is 5.11. The normalized spacial score (nSPS) is 10.9. The number of halogens is 1. The quantitative estimate of drug-likeness (QED) is 0.538. The molecule has 152 valence electrons. The average molecular weight is 411 g/mol. The molecular weight excluding hydrogens is 384 g/mol. The van der Waals surface area contributed by atoms with Crippen molar-refractivity contribution in [2.45, 2.75) is 46.7 Å². The van der Waals surface area contributed by atoms with Crippen molar-refractivity contribution < 1.29 is 4.79 Å². The zero-order chi connectivity index (χ0) is 20.8. The number of aryl methyl sites for hydroxylation is 1. The Hall–Kier alpha value is -2.63. The molecule has 2 N–H and O–H groups in total. The Labute approximate surface area is 177 Å². The third-order valence-electron chi connectivity index (χ3n) is 4.86. The number of carbonyl (C=O) groups excluding carboxylic acids is 1. The molecule has 0 saturated carbocycles. The summed E-state index contributed by atoms with van der Waals surface area (Å²) in [7, 11) is 0. The second-order valence-electron chi connectivity index (χ2n) is 7.14. The molecule has 1 heterocycles. The Kier molecular flexibility index (Phi) is 7.07. The van der Waals surface area contributed by atoms with E-state index in [1.165, 1.54) is 11.1 Å². The lowest BCUT2D eigenvalue weighted by Crippen LogP contribution is -2.14. The molecule has 6 heteroatoms. The Morgan fingerprint density at radius 2 is 1.72 bits per heavy atom. The number of rotatable bonds is 8. The minimum Gasteiger partial charge on any atom is -0.326 e. The average Bonchev–Trinajstić information content (AvgIpc) is 2.98. The van der Waals surface area contributed by atoms with E-state index in [1.807, 2.05) is 67.1 Å². The minimum atomic E-state index is 0.0574. The van der Waals surface area contributed by atoms with Gasteiger partial charge >= 0.3 is 0 Å². The van der Waals surface area contributed by atoms with Gasteiger partial charge in [0.2, 0.25) is 5.91 Å². The van der Waals surface area contributed by atoms with Crippen molar-refractivity contribution in [3.63, 3.8) is 0 Å². The number of anilines is 1. The first-order valence-corrected chi connectivity index (χ1v) is 10.3. The summed E-state index contributed by atoms with van der Waals surface area (Å²) in [4.78, 5) is 11.7. The molecule has 0 bridgehead atoms. The van der Waals surface area contributed by atoms with E-state index in [4.69, 9.17) is 11.6 Å². The molecule has 0 fully saturated rings. The van der Waals surface area contributed by atoms with Crippen molar-refractivity contribution >= 4 is 23.2 Å². The van der Waals surface area contributed by atoms with Crippen molar-refractivity contribution in [3.8, 4) is 5.69 Å². The van der Waals surface area contributed by atoms with Crippen LogP contribution in [0.15, 0.2) is 48.5 Å². The fraction of sp³-hybridized carbons (Fsp3) is 0.304. The molecule has 2 aromatic carbocycles. The van der Waals surface area contributed by atoms with Crippen LogP contribution in [0.5, 0.6) is 0 Å². The van der Waals surface area contributed by atoms with Crippen molar-refractivity contribution in [3.05, 3.63) is 76.1 Å². The zero-order valence-corrected chi connectivity index (χ0v) is 17.9. The summed E-state index contributed by atoms with van der Waals surface area (Å²) in [6.45, 7) is 7.59. The first-order valence-electron chi connectivity index (χ1n) is 9.88. The van der Waals surface area contributed by atoms with Crippen LogP contribution in [0.4, 0.5) is 5.69 Å². The molecule has 0 saturated heterocycles. The Balaban J connectivity index is 1.59. The molecule has 0 aliphatic heterocycles. The summed E-state index contributed by atoms with van der Waals surface area (Å²) in [6.07, 6.45) is 1.40. The molecule has 0 atom stereocenters. The summed E-state index contributed by atoms with van der Waals surface area (Å²) >= 11 is 5.99. The molecule has 3 aromatic rings. The standard InChI is InChI=1S/C23H27ClN4O/c1-4-5-23(29)26-20-10-6-18(7-11-20)14-25-15-22-16(2)27-28(17(22)3)21-12-8-19(24)9-13-21/h6-13,25H,4-5,14-15H2,1-3H3,(H,26,29). The molecule has 0 radical (unpaired) electrons. The Morgan fingerprint density at radius 3 is 2.38 bits per heavy atom. The Morgan fingerprint density at radius 1 is 1.03 bits per heavy atom. The van der Waals surface area contributed by atoms with Crippen molar-refractivity contribution in [2.75, 3.05) is 5.32 Å². The third kappa shape index (κ3) is 5.46. The number of benzene rings is 2. The molecule has 0 aliphatic carbocycles. The molecule has 1 amide bonds. The van der Waals surface area contributed by atoms with E-state index in [1.54, 1.807) is 0 Å². The van der Waals surface area contributed by atoms with Gasteiger partial charge in [-0.2, -0.15) is 5.10 Å². The van der Waals surface area contributed by atoms with Crippen LogP contribution >= 0.6 is 11.6 Å². The van der Waals surface area contributed by atoms with E-state index in [0.717, 1.165) is 42.3 Å². The number of carbonyl (C=O) groups is 1. The maximum absolute atomic E-state index is 11.7. The van der Waals surface area contributed by atoms with Crippen LogP contribution in [0.1, 0.15) is 42.3 Å². The van der Waals surface area contributed by atoms with Crippen molar-refractivity contribution in [1.29, 1.82) is 0 Å². The smallest absolute Gasteiger partial charge is 0.224 e. The van der Waals surface area contributed by atoms with Crippen LogP contribution in [-0.2, 0) is 17.9 Å². The molecule has 29 heavy (non-hydrogen) atoms. The highest BCUT2D eigenvalue weighted by atomic mass is 35.5. The van der Waals surface area contributed by atoms with Gasteiger partial charge in [0.15, 0.2) is 0 Å². The number of aromatic nitrogens is 2. The highest BCUT2D eigenvalue weighted by molar-refractivity contribution is 6.30. The molecule has 0 unspecified atom stereocenters. The van der Waals surface area contributed by atoms with E-state index in [2.05, 4.69) is 22.7 Å². The largest absolute Gasteiger partial charge is 0.326 e. The van der Waals surface area contributed by atoms with Crippen LogP contribution in [0, 0.1) is 13.8 Å². The van der Waals surface area contributed by atoms with Gasteiger partial charge in [0, 0.05) is 41.5 Å². The van der Waals surface area contributed by atoms with Crippen LogP contribution in [0.3, 0.4) is 0 Å². The molecule has 3 rings (SSSR count). The summed E-state index contributed by atoms with van der Waals surface area (Å²) in [6, 6.07) is 15.6.